The van der Waals surface area contributed by atoms with Crippen LogP contribution >= 0.6 is 11.6 Å². The highest BCUT2D eigenvalue weighted by Gasteiger charge is 2.23. The molecule has 8 nitrogen and oxygen atoms in total. The van der Waals surface area contributed by atoms with Crippen molar-refractivity contribution in [2.75, 3.05) is 43.2 Å². The van der Waals surface area contributed by atoms with Crippen molar-refractivity contribution in [2.24, 2.45) is 0 Å². The summed E-state index contributed by atoms with van der Waals surface area (Å²) in [5.74, 6) is 1.93. The standard InChI is InChI=1S/C23H20ClN5O3/c24-17-4-1-2-5-18(17)27-23(30)29-7-3-6-28(8-9-29)22-16(13-25)10-15-11-20-21(32-14-31-20)12-19(15)26-22/h1-2,4-5,10-12H,3,6-9,14H2,(H,27,30). The monoisotopic (exact) mass is 449 g/mol. The highest BCUT2D eigenvalue weighted by Crippen LogP contribution is 2.37. The summed E-state index contributed by atoms with van der Waals surface area (Å²) in [7, 11) is 0. The zero-order valence-electron chi connectivity index (χ0n) is 17.2. The van der Waals surface area contributed by atoms with Gasteiger partial charge in [0, 0.05) is 37.6 Å². The first-order chi connectivity index (χ1) is 15.6. The molecule has 1 saturated heterocycles. The number of amides is 2. The lowest BCUT2D eigenvalue weighted by Crippen LogP contribution is -2.38. The molecule has 0 unspecified atom stereocenters. The molecule has 0 bridgehead atoms. The molecule has 2 aliphatic heterocycles. The Morgan fingerprint density at radius 2 is 1.91 bits per heavy atom. The molecule has 1 fully saturated rings. The van der Waals surface area contributed by atoms with Gasteiger partial charge >= 0.3 is 6.03 Å². The molecular formula is C23H20ClN5O3. The third kappa shape index (κ3) is 3.83. The van der Waals surface area contributed by atoms with Crippen LogP contribution in [0.2, 0.25) is 5.02 Å². The Labute approximate surface area is 189 Å². The summed E-state index contributed by atoms with van der Waals surface area (Å²) in [5.41, 5.74) is 1.81. The van der Waals surface area contributed by atoms with Gasteiger partial charge in [-0.1, -0.05) is 23.7 Å². The first-order valence-electron chi connectivity index (χ1n) is 10.3. The number of fused-ring (bicyclic) bond motifs is 2. The zero-order valence-corrected chi connectivity index (χ0v) is 17.9. The van der Waals surface area contributed by atoms with Crippen LogP contribution in [0.25, 0.3) is 10.9 Å². The Balaban J connectivity index is 1.36. The fourth-order valence-corrected chi connectivity index (χ4v) is 4.15. The summed E-state index contributed by atoms with van der Waals surface area (Å²) in [6, 6.07) is 14.7. The fourth-order valence-electron chi connectivity index (χ4n) is 3.97. The van der Waals surface area contributed by atoms with Crippen molar-refractivity contribution < 1.29 is 14.3 Å². The van der Waals surface area contributed by atoms with E-state index >= 15 is 0 Å². The second-order valence-electron chi connectivity index (χ2n) is 7.61. The van der Waals surface area contributed by atoms with Gasteiger partial charge in [0.1, 0.15) is 11.9 Å². The number of aromatic nitrogens is 1. The van der Waals surface area contributed by atoms with Crippen molar-refractivity contribution in [1.82, 2.24) is 9.88 Å². The normalized spacial score (nSPS) is 15.4. The molecule has 0 saturated carbocycles. The second kappa shape index (κ2) is 8.44. The summed E-state index contributed by atoms with van der Waals surface area (Å²) >= 11 is 6.16. The lowest BCUT2D eigenvalue weighted by atomic mass is 10.1. The number of benzene rings is 2. The van der Waals surface area contributed by atoms with E-state index in [0.717, 1.165) is 17.3 Å². The van der Waals surface area contributed by atoms with Crippen molar-refractivity contribution in [3.05, 3.63) is 53.1 Å². The van der Waals surface area contributed by atoms with Crippen LogP contribution in [0.1, 0.15) is 12.0 Å². The quantitative estimate of drug-likeness (QED) is 0.629. The second-order valence-corrected chi connectivity index (χ2v) is 8.01. The number of pyridine rings is 1. The number of carbonyl (C=O) groups excluding carboxylic acids is 1. The van der Waals surface area contributed by atoms with Crippen LogP contribution in [0.3, 0.4) is 0 Å². The smallest absolute Gasteiger partial charge is 0.321 e. The predicted octanol–water partition coefficient (Wildman–Crippen LogP) is 4.23. The first kappa shape index (κ1) is 20.2. The molecule has 9 heteroatoms. The number of rotatable bonds is 2. The molecule has 0 atom stereocenters. The van der Waals surface area contributed by atoms with Crippen LogP contribution in [-0.2, 0) is 0 Å². The molecule has 5 rings (SSSR count). The number of urea groups is 1. The molecular weight excluding hydrogens is 430 g/mol. The number of para-hydroxylation sites is 1. The molecule has 1 N–H and O–H groups in total. The number of anilines is 2. The Hall–Kier alpha value is -3.70. The van der Waals surface area contributed by atoms with Gasteiger partial charge < -0.3 is 24.6 Å². The molecule has 3 heterocycles. The maximum atomic E-state index is 12.8. The summed E-state index contributed by atoms with van der Waals surface area (Å²) in [4.78, 5) is 21.4. The lowest BCUT2D eigenvalue weighted by Gasteiger charge is -2.24. The molecule has 0 spiro atoms. The van der Waals surface area contributed by atoms with E-state index in [1.165, 1.54) is 0 Å². The highest BCUT2D eigenvalue weighted by atomic mass is 35.5. The topological polar surface area (TPSA) is 90.7 Å². The minimum atomic E-state index is -0.195. The van der Waals surface area contributed by atoms with E-state index in [4.69, 9.17) is 26.1 Å². The van der Waals surface area contributed by atoms with E-state index in [9.17, 15) is 10.1 Å². The van der Waals surface area contributed by atoms with Gasteiger partial charge in [-0.05, 0) is 30.7 Å². The third-order valence-corrected chi connectivity index (χ3v) is 5.94. The molecule has 0 aliphatic carbocycles. The van der Waals surface area contributed by atoms with Crippen LogP contribution < -0.4 is 19.7 Å². The number of ether oxygens (including phenoxy) is 2. The van der Waals surface area contributed by atoms with Crippen LogP contribution in [0, 0.1) is 11.3 Å². The van der Waals surface area contributed by atoms with Gasteiger partial charge in [0.2, 0.25) is 6.79 Å². The van der Waals surface area contributed by atoms with Crippen LogP contribution in [0.15, 0.2) is 42.5 Å². The maximum Gasteiger partial charge on any atom is 0.321 e. The van der Waals surface area contributed by atoms with Gasteiger partial charge in [0.25, 0.3) is 0 Å². The first-order valence-corrected chi connectivity index (χ1v) is 10.7. The zero-order chi connectivity index (χ0) is 22.1. The number of nitrogens with one attached hydrogen (secondary N) is 1. The lowest BCUT2D eigenvalue weighted by molar-refractivity contribution is 0.174. The highest BCUT2D eigenvalue weighted by molar-refractivity contribution is 6.33. The van der Waals surface area contributed by atoms with E-state index in [-0.39, 0.29) is 12.8 Å². The number of carbonyl (C=O) groups is 1. The van der Waals surface area contributed by atoms with Crippen molar-refractivity contribution in [3.63, 3.8) is 0 Å². The van der Waals surface area contributed by atoms with E-state index < -0.39 is 0 Å². The number of nitrogens with zero attached hydrogens (tertiary/aromatic N) is 4. The molecule has 32 heavy (non-hydrogen) atoms. The molecule has 1 aromatic heterocycles. The minimum absolute atomic E-state index is 0.182. The number of hydrogen-bond acceptors (Lipinski definition) is 6. The number of nitriles is 1. The van der Waals surface area contributed by atoms with Gasteiger partial charge in [0.05, 0.1) is 21.8 Å². The Morgan fingerprint density at radius 3 is 2.72 bits per heavy atom. The average molecular weight is 450 g/mol. The van der Waals surface area contributed by atoms with Crippen LogP contribution in [0.4, 0.5) is 16.3 Å². The predicted molar refractivity (Wildman–Crippen MR) is 121 cm³/mol. The van der Waals surface area contributed by atoms with E-state index in [1.807, 2.05) is 30.3 Å². The molecule has 2 aromatic carbocycles. The summed E-state index contributed by atoms with van der Waals surface area (Å²) in [6.45, 7) is 2.53. The van der Waals surface area contributed by atoms with Gasteiger partial charge in [0.15, 0.2) is 11.5 Å². The third-order valence-electron chi connectivity index (χ3n) is 5.61. The van der Waals surface area contributed by atoms with Crippen molar-refractivity contribution in [2.45, 2.75) is 6.42 Å². The number of halogens is 1. The molecule has 3 aromatic rings. The summed E-state index contributed by atoms with van der Waals surface area (Å²) in [6.07, 6.45) is 0.752. The van der Waals surface area contributed by atoms with Gasteiger partial charge in [-0.3, -0.25) is 0 Å². The largest absolute Gasteiger partial charge is 0.454 e. The SMILES string of the molecule is N#Cc1cc2cc3c(cc2nc1N1CCCN(C(=O)Nc2ccccc2Cl)CC1)OCO3. The van der Waals surface area contributed by atoms with E-state index in [0.29, 0.717) is 59.8 Å². The molecule has 2 aliphatic rings. The van der Waals surface area contributed by atoms with Crippen molar-refractivity contribution >= 4 is 40.0 Å². The molecule has 162 valence electrons. The average Bonchev–Trinajstić information content (AvgIpc) is 3.11. The van der Waals surface area contributed by atoms with Crippen LogP contribution in [-0.4, -0.2) is 48.9 Å². The Kier molecular flexibility index (Phi) is 5.33. The molecule has 2 amide bonds. The fraction of sp³-hybridized carbons (Fsp3) is 0.261. The summed E-state index contributed by atoms with van der Waals surface area (Å²) < 4.78 is 10.9. The van der Waals surface area contributed by atoms with E-state index in [2.05, 4.69) is 16.3 Å². The maximum absolute atomic E-state index is 12.8. The Bertz CT molecular complexity index is 1240. The van der Waals surface area contributed by atoms with E-state index in [1.54, 1.807) is 17.0 Å². The molecule has 0 radical (unpaired) electrons. The van der Waals surface area contributed by atoms with Gasteiger partial charge in [-0.2, -0.15) is 5.26 Å². The number of hydrogen-bond donors (Lipinski definition) is 1. The van der Waals surface area contributed by atoms with Gasteiger partial charge in [-0.15, -0.1) is 0 Å². The minimum Gasteiger partial charge on any atom is -0.454 e. The van der Waals surface area contributed by atoms with Crippen molar-refractivity contribution in [1.29, 1.82) is 5.26 Å². The van der Waals surface area contributed by atoms with Gasteiger partial charge in [-0.25, -0.2) is 9.78 Å². The summed E-state index contributed by atoms with van der Waals surface area (Å²) in [5, 5.41) is 13.9. The van der Waals surface area contributed by atoms with Crippen molar-refractivity contribution in [3.8, 4) is 17.6 Å². The Morgan fingerprint density at radius 1 is 1.09 bits per heavy atom. The van der Waals surface area contributed by atoms with Crippen LogP contribution in [0.5, 0.6) is 11.5 Å².